The standard InChI is InChI=1S/C12H12BrNO3/c1-16-12(17-2)9-6-7-5-8(13)3-4-10(7)14-11(9)15/h3-6,12H,1-2H3,(H,14,15). The highest BCUT2D eigenvalue weighted by atomic mass is 79.9. The minimum atomic E-state index is -0.651. The van der Waals surface area contributed by atoms with E-state index in [9.17, 15) is 4.79 Å². The summed E-state index contributed by atoms with van der Waals surface area (Å²) in [7, 11) is 3.00. The van der Waals surface area contributed by atoms with Crippen LogP contribution in [0.5, 0.6) is 0 Å². The number of pyridine rings is 1. The van der Waals surface area contributed by atoms with Crippen LogP contribution in [0.1, 0.15) is 11.9 Å². The van der Waals surface area contributed by atoms with E-state index < -0.39 is 6.29 Å². The van der Waals surface area contributed by atoms with Gasteiger partial charge in [-0.3, -0.25) is 4.79 Å². The number of hydrogen-bond acceptors (Lipinski definition) is 3. The number of aromatic amines is 1. The van der Waals surface area contributed by atoms with Crippen molar-refractivity contribution in [2.24, 2.45) is 0 Å². The lowest BCUT2D eigenvalue weighted by Gasteiger charge is -2.13. The third kappa shape index (κ3) is 2.41. The third-order valence-corrected chi connectivity index (χ3v) is 3.01. The second kappa shape index (κ2) is 5.00. The Morgan fingerprint density at radius 2 is 1.94 bits per heavy atom. The van der Waals surface area contributed by atoms with Gasteiger partial charge in [-0.25, -0.2) is 0 Å². The minimum absolute atomic E-state index is 0.200. The predicted molar refractivity (Wildman–Crippen MR) is 69.0 cm³/mol. The molecule has 0 aliphatic heterocycles. The molecule has 0 aliphatic rings. The summed E-state index contributed by atoms with van der Waals surface area (Å²) in [6.07, 6.45) is -0.651. The van der Waals surface area contributed by atoms with E-state index in [1.54, 1.807) is 6.07 Å². The Labute approximate surface area is 107 Å². The van der Waals surface area contributed by atoms with Gasteiger partial charge in [-0.15, -0.1) is 0 Å². The minimum Gasteiger partial charge on any atom is -0.351 e. The number of halogens is 1. The van der Waals surface area contributed by atoms with Crippen LogP contribution < -0.4 is 5.56 Å². The molecular weight excluding hydrogens is 286 g/mol. The molecule has 0 atom stereocenters. The number of fused-ring (bicyclic) bond motifs is 1. The Morgan fingerprint density at radius 3 is 2.59 bits per heavy atom. The maximum absolute atomic E-state index is 11.9. The molecule has 5 heteroatoms. The zero-order chi connectivity index (χ0) is 12.4. The van der Waals surface area contributed by atoms with Gasteiger partial charge >= 0.3 is 0 Å². The van der Waals surface area contributed by atoms with Crippen LogP contribution in [-0.2, 0) is 9.47 Å². The third-order valence-electron chi connectivity index (χ3n) is 2.52. The number of benzene rings is 1. The largest absolute Gasteiger partial charge is 0.351 e. The van der Waals surface area contributed by atoms with Crippen LogP contribution in [0, 0.1) is 0 Å². The number of ether oxygens (including phenoxy) is 2. The molecule has 0 amide bonds. The molecule has 0 aliphatic carbocycles. The van der Waals surface area contributed by atoms with Crippen LogP contribution in [-0.4, -0.2) is 19.2 Å². The van der Waals surface area contributed by atoms with Crippen molar-refractivity contribution in [2.45, 2.75) is 6.29 Å². The molecule has 17 heavy (non-hydrogen) atoms. The lowest BCUT2D eigenvalue weighted by atomic mass is 10.1. The van der Waals surface area contributed by atoms with Crippen molar-refractivity contribution in [3.05, 3.63) is 44.7 Å². The van der Waals surface area contributed by atoms with E-state index >= 15 is 0 Å². The van der Waals surface area contributed by atoms with Gasteiger partial charge in [0.2, 0.25) is 0 Å². The lowest BCUT2D eigenvalue weighted by Crippen LogP contribution is -2.18. The van der Waals surface area contributed by atoms with Crippen LogP contribution in [0.25, 0.3) is 10.9 Å². The van der Waals surface area contributed by atoms with Crippen LogP contribution >= 0.6 is 15.9 Å². The van der Waals surface area contributed by atoms with Gasteiger partial charge in [0.05, 0.1) is 5.56 Å². The molecule has 1 N–H and O–H groups in total. The average molecular weight is 298 g/mol. The molecule has 2 rings (SSSR count). The summed E-state index contributed by atoms with van der Waals surface area (Å²) in [6, 6.07) is 7.43. The van der Waals surface area contributed by atoms with Crippen LogP contribution in [0.3, 0.4) is 0 Å². The highest BCUT2D eigenvalue weighted by Gasteiger charge is 2.14. The molecule has 4 nitrogen and oxygen atoms in total. The summed E-state index contributed by atoms with van der Waals surface area (Å²) in [6.45, 7) is 0. The first-order valence-corrected chi connectivity index (χ1v) is 5.83. The first kappa shape index (κ1) is 12.3. The fourth-order valence-corrected chi connectivity index (χ4v) is 2.10. The summed E-state index contributed by atoms with van der Waals surface area (Å²) in [5.41, 5.74) is 1.04. The fraction of sp³-hybridized carbons (Fsp3) is 0.250. The molecule has 1 heterocycles. The van der Waals surface area contributed by atoms with Crippen LogP contribution in [0.4, 0.5) is 0 Å². The Kier molecular flexibility index (Phi) is 3.61. The zero-order valence-corrected chi connectivity index (χ0v) is 11.1. The van der Waals surface area contributed by atoms with Gasteiger partial charge in [0.25, 0.3) is 5.56 Å². The first-order chi connectivity index (χ1) is 8.15. The van der Waals surface area contributed by atoms with Gasteiger partial charge < -0.3 is 14.5 Å². The van der Waals surface area contributed by atoms with Crippen molar-refractivity contribution in [2.75, 3.05) is 14.2 Å². The van der Waals surface area contributed by atoms with Crippen molar-refractivity contribution in [3.8, 4) is 0 Å². The highest BCUT2D eigenvalue weighted by molar-refractivity contribution is 9.10. The average Bonchev–Trinajstić information content (AvgIpc) is 2.32. The Hall–Kier alpha value is -1.17. The predicted octanol–water partition coefficient (Wildman–Crippen LogP) is 2.58. The van der Waals surface area contributed by atoms with E-state index in [2.05, 4.69) is 20.9 Å². The maximum Gasteiger partial charge on any atom is 0.256 e. The normalized spacial score (nSPS) is 11.3. The summed E-state index contributed by atoms with van der Waals surface area (Å²) in [5.74, 6) is 0. The Morgan fingerprint density at radius 1 is 1.24 bits per heavy atom. The zero-order valence-electron chi connectivity index (χ0n) is 9.49. The molecule has 2 aromatic rings. The molecular formula is C12H12BrNO3. The summed E-state index contributed by atoms with van der Waals surface area (Å²) >= 11 is 3.39. The summed E-state index contributed by atoms with van der Waals surface area (Å²) in [4.78, 5) is 14.6. The summed E-state index contributed by atoms with van der Waals surface area (Å²) < 4.78 is 11.1. The molecule has 0 spiro atoms. The van der Waals surface area contributed by atoms with E-state index in [1.807, 2.05) is 18.2 Å². The van der Waals surface area contributed by atoms with E-state index in [-0.39, 0.29) is 5.56 Å². The van der Waals surface area contributed by atoms with Gasteiger partial charge in [0.15, 0.2) is 6.29 Å². The van der Waals surface area contributed by atoms with Crippen molar-refractivity contribution in [1.82, 2.24) is 4.98 Å². The molecule has 90 valence electrons. The molecule has 0 saturated heterocycles. The second-order valence-corrected chi connectivity index (χ2v) is 4.50. The Balaban J connectivity index is 2.64. The lowest BCUT2D eigenvalue weighted by molar-refractivity contribution is -0.106. The monoisotopic (exact) mass is 297 g/mol. The molecule has 0 radical (unpaired) electrons. The molecule has 0 saturated carbocycles. The van der Waals surface area contributed by atoms with Crippen molar-refractivity contribution in [3.63, 3.8) is 0 Å². The van der Waals surface area contributed by atoms with E-state index in [1.165, 1.54) is 14.2 Å². The van der Waals surface area contributed by atoms with Crippen molar-refractivity contribution in [1.29, 1.82) is 0 Å². The number of hydrogen-bond donors (Lipinski definition) is 1. The molecule has 1 aromatic carbocycles. The van der Waals surface area contributed by atoms with E-state index in [0.29, 0.717) is 5.56 Å². The van der Waals surface area contributed by atoms with Gasteiger partial charge in [-0.05, 0) is 29.7 Å². The Bertz CT molecular complexity index is 590. The number of H-pyrrole nitrogens is 1. The van der Waals surface area contributed by atoms with Gasteiger partial charge in [0, 0.05) is 24.2 Å². The SMILES string of the molecule is COC(OC)c1cc2cc(Br)ccc2[nH]c1=O. The van der Waals surface area contributed by atoms with Crippen molar-refractivity contribution >= 4 is 26.8 Å². The molecule has 0 fully saturated rings. The molecule has 0 bridgehead atoms. The molecule has 1 aromatic heterocycles. The van der Waals surface area contributed by atoms with Gasteiger partial charge in [-0.2, -0.15) is 0 Å². The molecule has 0 unspecified atom stereocenters. The van der Waals surface area contributed by atoms with Crippen LogP contribution in [0.15, 0.2) is 33.5 Å². The fourth-order valence-electron chi connectivity index (χ4n) is 1.72. The van der Waals surface area contributed by atoms with E-state index in [4.69, 9.17) is 9.47 Å². The quantitative estimate of drug-likeness (QED) is 0.886. The summed E-state index contributed by atoms with van der Waals surface area (Å²) in [5, 5.41) is 0.924. The topological polar surface area (TPSA) is 51.3 Å². The van der Waals surface area contributed by atoms with Crippen molar-refractivity contribution < 1.29 is 9.47 Å². The van der Waals surface area contributed by atoms with Gasteiger partial charge in [0.1, 0.15) is 0 Å². The number of methoxy groups -OCH3 is 2. The smallest absolute Gasteiger partial charge is 0.256 e. The number of aromatic nitrogens is 1. The highest BCUT2D eigenvalue weighted by Crippen LogP contribution is 2.21. The number of nitrogens with one attached hydrogen (secondary N) is 1. The van der Waals surface area contributed by atoms with E-state index in [0.717, 1.165) is 15.4 Å². The first-order valence-electron chi connectivity index (χ1n) is 5.04. The second-order valence-electron chi connectivity index (χ2n) is 3.59. The van der Waals surface area contributed by atoms with Crippen LogP contribution in [0.2, 0.25) is 0 Å². The van der Waals surface area contributed by atoms with Gasteiger partial charge in [-0.1, -0.05) is 15.9 Å². The number of rotatable bonds is 3. The maximum atomic E-state index is 11.9.